The van der Waals surface area contributed by atoms with Gasteiger partial charge in [-0.1, -0.05) is 6.07 Å². The van der Waals surface area contributed by atoms with Gasteiger partial charge in [-0.25, -0.2) is 0 Å². The first-order valence-electron chi connectivity index (χ1n) is 6.86. The molecule has 0 bridgehead atoms. The zero-order chi connectivity index (χ0) is 14.1. The second-order valence-electron chi connectivity index (χ2n) is 5.41. The highest BCUT2D eigenvalue weighted by molar-refractivity contribution is 6.35. The molecular formula is C14H18N4O2. The van der Waals surface area contributed by atoms with Crippen molar-refractivity contribution in [2.24, 2.45) is 0 Å². The number of rotatable bonds is 2. The van der Waals surface area contributed by atoms with Gasteiger partial charge in [-0.05, 0) is 18.1 Å². The average molecular weight is 274 g/mol. The molecule has 3 rings (SSSR count). The Morgan fingerprint density at radius 1 is 1.35 bits per heavy atom. The number of carbonyl (C=O) groups excluding carboxylic acids is 2. The first-order valence-corrected chi connectivity index (χ1v) is 6.86. The fraction of sp³-hybridized carbons (Fsp3) is 0.500. The molecule has 1 aromatic heterocycles. The van der Waals surface area contributed by atoms with Crippen LogP contribution in [0.4, 0.5) is 0 Å². The summed E-state index contributed by atoms with van der Waals surface area (Å²) in [5.74, 6) is -0.770. The number of hydrogen-bond donors (Lipinski definition) is 1. The molecule has 6 nitrogen and oxygen atoms in total. The number of hydrogen-bond acceptors (Lipinski definition) is 4. The summed E-state index contributed by atoms with van der Waals surface area (Å²) >= 11 is 0. The van der Waals surface area contributed by atoms with Gasteiger partial charge < -0.3 is 15.1 Å². The smallest absolute Gasteiger partial charge is 0.312 e. The van der Waals surface area contributed by atoms with Crippen LogP contribution in [-0.2, 0) is 16.1 Å². The lowest BCUT2D eigenvalue weighted by molar-refractivity contribution is -0.160. The molecule has 2 fully saturated rings. The first kappa shape index (κ1) is 13.1. The van der Waals surface area contributed by atoms with E-state index in [4.69, 9.17) is 0 Å². The molecule has 106 valence electrons. The van der Waals surface area contributed by atoms with Gasteiger partial charge in [0, 0.05) is 45.1 Å². The molecular weight excluding hydrogens is 256 g/mol. The summed E-state index contributed by atoms with van der Waals surface area (Å²) in [6.45, 7) is 5.13. The van der Waals surface area contributed by atoms with Crippen LogP contribution in [-0.4, -0.2) is 58.8 Å². The van der Waals surface area contributed by atoms with Crippen LogP contribution in [0.25, 0.3) is 0 Å². The summed E-state index contributed by atoms with van der Waals surface area (Å²) in [6.07, 6.45) is 3.52. The quantitative estimate of drug-likeness (QED) is 0.741. The van der Waals surface area contributed by atoms with E-state index in [2.05, 4.69) is 10.3 Å². The minimum absolute atomic E-state index is 0.0896. The number of nitrogens with zero attached hydrogens (tertiary/aromatic N) is 3. The highest BCUT2D eigenvalue weighted by atomic mass is 16.2. The molecule has 0 aromatic carbocycles. The molecule has 0 saturated carbocycles. The Labute approximate surface area is 117 Å². The maximum absolute atomic E-state index is 12.2. The fourth-order valence-corrected chi connectivity index (χ4v) is 2.85. The Balaban J connectivity index is 1.76. The van der Waals surface area contributed by atoms with Crippen LogP contribution in [0.5, 0.6) is 0 Å². The van der Waals surface area contributed by atoms with E-state index in [0.717, 1.165) is 24.2 Å². The van der Waals surface area contributed by atoms with Crippen LogP contribution in [0.2, 0.25) is 0 Å². The van der Waals surface area contributed by atoms with Gasteiger partial charge in [0.2, 0.25) is 0 Å². The number of nitrogens with one attached hydrogen (secondary N) is 1. The third-order valence-electron chi connectivity index (χ3n) is 3.82. The number of amides is 2. The van der Waals surface area contributed by atoms with E-state index >= 15 is 0 Å². The number of aromatic nitrogens is 1. The normalized spacial score (nSPS) is 22.9. The summed E-state index contributed by atoms with van der Waals surface area (Å²) in [7, 11) is 0. The van der Waals surface area contributed by atoms with Crippen molar-refractivity contribution < 1.29 is 9.59 Å². The van der Waals surface area contributed by atoms with Crippen molar-refractivity contribution in [1.82, 2.24) is 20.1 Å². The third-order valence-corrected chi connectivity index (χ3v) is 3.82. The topological polar surface area (TPSA) is 65.5 Å². The maximum Gasteiger partial charge on any atom is 0.312 e. The largest absolute Gasteiger partial charge is 0.328 e. The maximum atomic E-state index is 12.2. The van der Waals surface area contributed by atoms with E-state index in [1.54, 1.807) is 22.2 Å². The van der Waals surface area contributed by atoms with Crippen molar-refractivity contribution in [3.63, 3.8) is 0 Å². The van der Waals surface area contributed by atoms with Crippen molar-refractivity contribution in [2.75, 3.05) is 26.2 Å². The van der Waals surface area contributed by atoms with Crippen LogP contribution >= 0.6 is 0 Å². The van der Waals surface area contributed by atoms with Gasteiger partial charge in [-0.2, -0.15) is 0 Å². The molecule has 6 heteroatoms. The van der Waals surface area contributed by atoms with Gasteiger partial charge in [0.05, 0.1) is 6.04 Å². The summed E-state index contributed by atoms with van der Waals surface area (Å²) in [4.78, 5) is 31.7. The molecule has 2 aliphatic rings. The number of carbonyl (C=O) groups is 2. The first-order chi connectivity index (χ1) is 9.65. The molecule has 2 amide bonds. The summed E-state index contributed by atoms with van der Waals surface area (Å²) in [5, 5.41) is 3.27. The van der Waals surface area contributed by atoms with E-state index in [-0.39, 0.29) is 11.9 Å². The predicted octanol–water partition coefficient (Wildman–Crippen LogP) is -0.467. The number of aryl methyl sites for hydroxylation is 1. The minimum atomic E-state index is -0.398. The van der Waals surface area contributed by atoms with Crippen molar-refractivity contribution in [3.8, 4) is 0 Å². The Bertz CT molecular complexity index is 546. The van der Waals surface area contributed by atoms with Gasteiger partial charge in [-0.15, -0.1) is 0 Å². The molecule has 1 unspecified atom stereocenters. The standard InChI is InChI=1S/C14H18N4O2/c1-10-4-11(6-16-5-10)8-17-9-12-7-15-2-3-18(12)14(20)13(17)19/h4-6,12,15H,2-3,7-9H2,1H3. The van der Waals surface area contributed by atoms with E-state index in [0.29, 0.717) is 19.6 Å². The average Bonchev–Trinajstić information content (AvgIpc) is 2.45. The lowest BCUT2D eigenvalue weighted by Crippen LogP contribution is -2.65. The molecule has 1 atom stereocenters. The molecule has 3 heterocycles. The minimum Gasteiger partial charge on any atom is -0.328 e. The van der Waals surface area contributed by atoms with E-state index in [1.165, 1.54) is 0 Å². The predicted molar refractivity (Wildman–Crippen MR) is 72.8 cm³/mol. The summed E-state index contributed by atoms with van der Waals surface area (Å²) in [6, 6.07) is 2.09. The highest BCUT2D eigenvalue weighted by Gasteiger charge is 2.39. The van der Waals surface area contributed by atoms with Gasteiger partial charge in [0.15, 0.2) is 0 Å². The molecule has 2 aliphatic heterocycles. The third kappa shape index (κ3) is 2.38. The zero-order valence-electron chi connectivity index (χ0n) is 11.5. The van der Waals surface area contributed by atoms with E-state index in [1.807, 2.05) is 13.0 Å². The van der Waals surface area contributed by atoms with Gasteiger partial charge in [-0.3, -0.25) is 14.6 Å². The highest BCUT2D eigenvalue weighted by Crippen LogP contribution is 2.16. The SMILES string of the molecule is Cc1cncc(CN2CC3CNCCN3C(=O)C2=O)c1. The molecule has 2 saturated heterocycles. The van der Waals surface area contributed by atoms with Gasteiger partial charge in [0.1, 0.15) is 0 Å². The Morgan fingerprint density at radius 3 is 3.00 bits per heavy atom. The monoisotopic (exact) mass is 274 g/mol. The molecule has 1 aromatic rings. The second kappa shape index (κ2) is 5.20. The van der Waals surface area contributed by atoms with Gasteiger partial charge in [0.25, 0.3) is 0 Å². The number of piperazine rings is 2. The fourth-order valence-electron chi connectivity index (χ4n) is 2.85. The van der Waals surface area contributed by atoms with E-state index in [9.17, 15) is 9.59 Å². The van der Waals surface area contributed by atoms with Crippen molar-refractivity contribution in [1.29, 1.82) is 0 Å². The molecule has 1 N–H and O–H groups in total. The van der Waals surface area contributed by atoms with Crippen molar-refractivity contribution >= 4 is 11.8 Å². The molecule has 0 radical (unpaired) electrons. The van der Waals surface area contributed by atoms with Gasteiger partial charge >= 0.3 is 11.8 Å². The lowest BCUT2D eigenvalue weighted by Gasteiger charge is -2.43. The van der Waals surface area contributed by atoms with Crippen LogP contribution in [0.15, 0.2) is 18.5 Å². The molecule has 0 spiro atoms. The van der Waals surface area contributed by atoms with Crippen molar-refractivity contribution in [2.45, 2.75) is 19.5 Å². The Kier molecular flexibility index (Phi) is 3.40. The number of pyridine rings is 1. The van der Waals surface area contributed by atoms with Crippen LogP contribution in [0.1, 0.15) is 11.1 Å². The summed E-state index contributed by atoms with van der Waals surface area (Å²) in [5.41, 5.74) is 2.02. The zero-order valence-corrected chi connectivity index (χ0v) is 11.5. The lowest BCUT2D eigenvalue weighted by atomic mass is 10.1. The number of fused-ring (bicyclic) bond motifs is 1. The van der Waals surface area contributed by atoms with Crippen LogP contribution in [0, 0.1) is 6.92 Å². The summed E-state index contributed by atoms with van der Waals surface area (Å²) < 4.78 is 0. The van der Waals surface area contributed by atoms with E-state index < -0.39 is 5.91 Å². The second-order valence-corrected chi connectivity index (χ2v) is 5.41. The van der Waals surface area contributed by atoms with Crippen molar-refractivity contribution in [3.05, 3.63) is 29.6 Å². The Morgan fingerprint density at radius 2 is 2.20 bits per heavy atom. The molecule has 0 aliphatic carbocycles. The van der Waals surface area contributed by atoms with Crippen LogP contribution in [0.3, 0.4) is 0 Å². The molecule has 20 heavy (non-hydrogen) atoms. The Hall–Kier alpha value is -1.95. The van der Waals surface area contributed by atoms with Crippen LogP contribution < -0.4 is 5.32 Å².